The standard InChI is InChI=1S/C19H20N2O7/c1-26-16-8-3-13(11-17(16)27-2)9-10-20-18(22)12-28-19(23)14-4-6-15(7-5-14)21(24)25/h3-8,11H,9-10,12H2,1-2H3,(H,20,22). The minimum absolute atomic E-state index is 0.128. The van der Waals surface area contributed by atoms with Gasteiger partial charge < -0.3 is 19.5 Å². The van der Waals surface area contributed by atoms with Crippen molar-refractivity contribution in [2.45, 2.75) is 6.42 Å². The van der Waals surface area contributed by atoms with Crippen LogP contribution in [0.1, 0.15) is 15.9 Å². The summed E-state index contributed by atoms with van der Waals surface area (Å²) in [7, 11) is 3.10. The Labute approximate surface area is 161 Å². The number of methoxy groups -OCH3 is 2. The van der Waals surface area contributed by atoms with E-state index in [0.717, 1.165) is 5.56 Å². The zero-order valence-electron chi connectivity index (χ0n) is 15.5. The summed E-state index contributed by atoms with van der Waals surface area (Å²) in [5.74, 6) is 0.0393. The maximum atomic E-state index is 11.9. The molecule has 9 nitrogen and oxygen atoms in total. The molecule has 0 atom stereocenters. The Morgan fingerprint density at radius 3 is 2.32 bits per heavy atom. The third-order valence-corrected chi connectivity index (χ3v) is 3.83. The normalized spacial score (nSPS) is 10.1. The van der Waals surface area contributed by atoms with Crippen LogP contribution in [0.5, 0.6) is 11.5 Å². The molecule has 0 aliphatic heterocycles. The number of rotatable bonds is 9. The van der Waals surface area contributed by atoms with Crippen molar-refractivity contribution in [2.75, 3.05) is 27.4 Å². The lowest BCUT2D eigenvalue weighted by Gasteiger charge is -2.10. The molecule has 0 unspecified atom stereocenters. The van der Waals surface area contributed by atoms with Crippen molar-refractivity contribution < 1.29 is 28.7 Å². The van der Waals surface area contributed by atoms with Crippen LogP contribution < -0.4 is 14.8 Å². The molecule has 2 rings (SSSR count). The Balaban J connectivity index is 1.76. The predicted molar refractivity (Wildman–Crippen MR) is 99.6 cm³/mol. The van der Waals surface area contributed by atoms with E-state index in [1.54, 1.807) is 20.3 Å². The number of esters is 1. The van der Waals surface area contributed by atoms with E-state index in [1.165, 1.54) is 24.3 Å². The first-order valence-electron chi connectivity index (χ1n) is 8.33. The van der Waals surface area contributed by atoms with Gasteiger partial charge in [-0.1, -0.05) is 6.07 Å². The molecule has 0 heterocycles. The molecule has 148 valence electrons. The number of nitro groups is 1. The molecule has 1 N–H and O–H groups in total. The third kappa shape index (κ3) is 5.70. The van der Waals surface area contributed by atoms with E-state index in [1.807, 2.05) is 12.1 Å². The van der Waals surface area contributed by atoms with Crippen molar-refractivity contribution in [3.05, 3.63) is 63.7 Å². The highest BCUT2D eigenvalue weighted by atomic mass is 16.6. The maximum Gasteiger partial charge on any atom is 0.338 e. The van der Waals surface area contributed by atoms with Crippen LogP contribution in [0.25, 0.3) is 0 Å². The number of carbonyl (C=O) groups excluding carboxylic acids is 2. The van der Waals surface area contributed by atoms with Gasteiger partial charge in [0.1, 0.15) is 0 Å². The van der Waals surface area contributed by atoms with E-state index in [-0.39, 0.29) is 11.3 Å². The Kier molecular flexibility index (Phi) is 7.32. The molecule has 0 aliphatic carbocycles. The Bertz CT molecular complexity index is 850. The average molecular weight is 388 g/mol. The molecule has 0 fully saturated rings. The number of non-ortho nitro benzene ring substituents is 1. The smallest absolute Gasteiger partial charge is 0.338 e. The first-order valence-corrected chi connectivity index (χ1v) is 8.33. The van der Waals surface area contributed by atoms with Gasteiger partial charge in [0.25, 0.3) is 11.6 Å². The summed E-state index contributed by atoms with van der Waals surface area (Å²) in [6.07, 6.45) is 0.558. The van der Waals surface area contributed by atoms with Gasteiger partial charge in [0.2, 0.25) is 0 Å². The number of hydrogen-bond acceptors (Lipinski definition) is 7. The second-order valence-corrected chi connectivity index (χ2v) is 5.67. The zero-order chi connectivity index (χ0) is 20.5. The summed E-state index contributed by atoms with van der Waals surface area (Å²) in [6.45, 7) is -0.0921. The molecule has 9 heteroatoms. The van der Waals surface area contributed by atoms with Crippen molar-refractivity contribution >= 4 is 17.6 Å². The summed E-state index contributed by atoms with van der Waals surface area (Å²) in [4.78, 5) is 33.7. The summed E-state index contributed by atoms with van der Waals surface area (Å²) >= 11 is 0. The molecule has 1 amide bonds. The summed E-state index contributed by atoms with van der Waals surface area (Å²) < 4.78 is 15.3. The minimum Gasteiger partial charge on any atom is -0.493 e. The van der Waals surface area contributed by atoms with E-state index in [4.69, 9.17) is 14.2 Å². The number of nitrogens with zero attached hydrogens (tertiary/aromatic N) is 1. The fourth-order valence-corrected chi connectivity index (χ4v) is 2.37. The van der Waals surface area contributed by atoms with Gasteiger partial charge in [0.15, 0.2) is 18.1 Å². The van der Waals surface area contributed by atoms with Crippen molar-refractivity contribution in [3.63, 3.8) is 0 Å². The van der Waals surface area contributed by atoms with Crippen LogP contribution in [-0.4, -0.2) is 44.2 Å². The number of benzene rings is 2. The van der Waals surface area contributed by atoms with Gasteiger partial charge in [-0.3, -0.25) is 14.9 Å². The molecule has 0 saturated carbocycles. The molecule has 0 radical (unpaired) electrons. The number of hydrogen-bond donors (Lipinski definition) is 1. The number of amides is 1. The highest BCUT2D eigenvalue weighted by Crippen LogP contribution is 2.27. The average Bonchev–Trinajstić information content (AvgIpc) is 2.71. The number of ether oxygens (including phenoxy) is 3. The third-order valence-electron chi connectivity index (χ3n) is 3.83. The maximum absolute atomic E-state index is 11.9. The molecule has 2 aromatic carbocycles. The van der Waals surface area contributed by atoms with Crippen molar-refractivity contribution in [1.29, 1.82) is 0 Å². The fraction of sp³-hybridized carbons (Fsp3) is 0.263. The number of nitrogens with one attached hydrogen (secondary N) is 1. The van der Waals surface area contributed by atoms with Crippen molar-refractivity contribution in [3.8, 4) is 11.5 Å². The number of nitro benzene ring substituents is 1. The van der Waals surface area contributed by atoms with Gasteiger partial charge >= 0.3 is 5.97 Å². The Morgan fingerprint density at radius 2 is 1.71 bits per heavy atom. The molecule has 0 aromatic heterocycles. The van der Waals surface area contributed by atoms with E-state index < -0.39 is 23.4 Å². The van der Waals surface area contributed by atoms with Crippen LogP contribution in [0.4, 0.5) is 5.69 Å². The van der Waals surface area contributed by atoms with Gasteiger partial charge in [-0.2, -0.15) is 0 Å². The first kappa shape index (κ1) is 20.7. The summed E-state index contributed by atoms with van der Waals surface area (Å²) in [6, 6.07) is 10.4. The van der Waals surface area contributed by atoms with Crippen molar-refractivity contribution in [2.24, 2.45) is 0 Å². The summed E-state index contributed by atoms with van der Waals surface area (Å²) in [5.41, 5.74) is 0.939. The van der Waals surface area contributed by atoms with E-state index in [2.05, 4.69) is 5.32 Å². The van der Waals surface area contributed by atoms with Crippen LogP contribution in [0.3, 0.4) is 0 Å². The van der Waals surface area contributed by atoms with E-state index >= 15 is 0 Å². The van der Waals surface area contributed by atoms with Gasteiger partial charge in [-0.15, -0.1) is 0 Å². The highest BCUT2D eigenvalue weighted by Gasteiger charge is 2.12. The van der Waals surface area contributed by atoms with Crippen LogP contribution >= 0.6 is 0 Å². The summed E-state index contributed by atoms with van der Waals surface area (Å²) in [5, 5.41) is 13.2. The molecule has 0 saturated heterocycles. The molecule has 0 aliphatic rings. The zero-order valence-corrected chi connectivity index (χ0v) is 15.5. The predicted octanol–water partition coefficient (Wildman–Crippen LogP) is 2.13. The van der Waals surface area contributed by atoms with Crippen LogP contribution in [0.2, 0.25) is 0 Å². The molecule has 0 spiro atoms. The SMILES string of the molecule is COc1ccc(CCNC(=O)COC(=O)c2ccc([N+](=O)[O-])cc2)cc1OC. The monoisotopic (exact) mass is 388 g/mol. The van der Waals surface area contributed by atoms with Gasteiger partial charge in [0, 0.05) is 18.7 Å². The minimum atomic E-state index is -0.732. The lowest BCUT2D eigenvalue weighted by atomic mass is 10.1. The van der Waals surface area contributed by atoms with Crippen molar-refractivity contribution in [1.82, 2.24) is 5.32 Å². The molecule has 28 heavy (non-hydrogen) atoms. The van der Waals surface area contributed by atoms with Gasteiger partial charge in [0.05, 0.1) is 24.7 Å². The molecular weight excluding hydrogens is 368 g/mol. The second-order valence-electron chi connectivity index (χ2n) is 5.67. The number of carbonyl (C=O) groups is 2. The topological polar surface area (TPSA) is 117 Å². The quantitative estimate of drug-likeness (QED) is 0.397. The largest absolute Gasteiger partial charge is 0.493 e. The van der Waals surface area contributed by atoms with E-state index in [0.29, 0.717) is 24.5 Å². The van der Waals surface area contributed by atoms with Gasteiger partial charge in [-0.25, -0.2) is 4.79 Å². The molecular formula is C19H20N2O7. The van der Waals surface area contributed by atoms with E-state index in [9.17, 15) is 19.7 Å². The highest BCUT2D eigenvalue weighted by molar-refractivity contribution is 5.91. The molecule has 2 aromatic rings. The van der Waals surface area contributed by atoms with Crippen LogP contribution in [-0.2, 0) is 16.0 Å². The lowest BCUT2D eigenvalue weighted by Crippen LogP contribution is -2.30. The van der Waals surface area contributed by atoms with Crippen LogP contribution in [0, 0.1) is 10.1 Å². The van der Waals surface area contributed by atoms with Gasteiger partial charge in [-0.05, 0) is 36.2 Å². The fourth-order valence-electron chi connectivity index (χ4n) is 2.37. The van der Waals surface area contributed by atoms with Crippen LogP contribution in [0.15, 0.2) is 42.5 Å². The molecule has 0 bridgehead atoms. The Morgan fingerprint density at radius 1 is 1.04 bits per heavy atom. The Hall–Kier alpha value is -3.62. The first-order chi connectivity index (χ1) is 13.4. The lowest BCUT2D eigenvalue weighted by molar-refractivity contribution is -0.384. The second kappa shape index (κ2) is 9.91.